The predicted octanol–water partition coefficient (Wildman–Crippen LogP) is 4.43. The molecule has 0 saturated carbocycles. The fraction of sp³-hybridized carbons (Fsp3) is 0.467. The number of ether oxygens (including phenoxy) is 2. The van der Waals surface area contributed by atoms with Crippen molar-refractivity contribution in [1.29, 1.82) is 0 Å². The van der Waals surface area contributed by atoms with Crippen molar-refractivity contribution in [1.82, 2.24) is 10.6 Å². The number of alkyl carbamates (subject to hydrolysis) is 2. The molecule has 4 rings (SSSR count). The number of hydrogen-bond acceptors (Lipinski definition) is 7. The SMILES string of the molecule is CC(C)(C)OC(=O)N[C@H]1CCc2ccccc2NC1=O.CN1C[C@H](NC(=O)OC(C)(C)C)C(=O)Nc2ccccc21. The summed E-state index contributed by atoms with van der Waals surface area (Å²) in [5, 5.41) is 10.9. The first-order valence-electron chi connectivity index (χ1n) is 13.6. The van der Waals surface area contributed by atoms with Crippen LogP contribution >= 0.6 is 0 Å². The van der Waals surface area contributed by atoms with Gasteiger partial charge in [0.2, 0.25) is 11.8 Å². The molecular weight excluding hydrogens is 526 g/mol. The summed E-state index contributed by atoms with van der Waals surface area (Å²) in [5.74, 6) is -0.460. The molecule has 2 aromatic carbocycles. The molecule has 0 spiro atoms. The number of rotatable bonds is 2. The average molecular weight is 568 g/mol. The standard InChI is InChI=1S/C15H21N3O3.C15H20N2O3/c1-15(2,3)21-14(20)17-11-9-18(4)12-8-6-5-7-10(12)16-13(11)19;1-15(2,3)20-14(19)17-12-9-8-10-6-4-5-7-11(10)16-13(12)18/h5-8,11H,9H2,1-4H3,(H,16,19)(H,17,20);4-7,12H,8-9H2,1-3H3,(H,16,18)(H,17,19)/t11-;12-/m00/s1. The number of hydrogen-bond donors (Lipinski definition) is 4. The summed E-state index contributed by atoms with van der Waals surface area (Å²) in [5.41, 5.74) is 2.37. The van der Waals surface area contributed by atoms with Gasteiger partial charge in [0, 0.05) is 19.3 Å². The summed E-state index contributed by atoms with van der Waals surface area (Å²) >= 11 is 0. The zero-order valence-electron chi connectivity index (χ0n) is 24.8. The van der Waals surface area contributed by atoms with Crippen molar-refractivity contribution < 1.29 is 28.7 Å². The molecule has 0 fully saturated rings. The van der Waals surface area contributed by atoms with Gasteiger partial charge < -0.3 is 35.6 Å². The number of anilines is 3. The van der Waals surface area contributed by atoms with E-state index >= 15 is 0 Å². The molecule has 41 heavy (non-hydrogen) atoms. The van der Waals surface area contributed by atoms with E-state index < -0.39 is 35.5 Å². The second kappa shape index (κ2) is 12.9. The van der Waals surface area contributed by atoms with Crippen LogP contribution in [-0.4, -0.2) is 60.9 Å². The molecule has 0 unspecified atom stereocenters. The lowest BCUT2D eigenvalue weighted by Gasteiger charge is -2.24. The second-order valence-electron chi connectivity index (χ2n) is 12.0. The molecule has 0 aromatic heterocycles. The van der Waals surface area contributed by atoms with Crippen LogP contribution in [-0.2, 0) is 25.5 Å². The number of nitrogens with one attached hydrogen (secondary N) is 4. The molecule has 2 heterocycles. The number of aryl methyl sites for hydroxylation is 1. The summed E-state index contributed by atoms with van der Waals surface area (Å²) in [6, 6.07) is 13.9. The first-order chi connectivity index (χ1) is 19.1. The number of likely N-dealkylation sites (N-methyl/N-ethyl adjacent to an activating group) is 1. The summed E-state index contributed by atoms with van der Waals surface area (Å²) in [7, 11) is 1.88. The number of benzene rings is 2. The molecule has 0 radical (unpaired) electrons. The Morgan fingerprint density at radius 2 is 1.27 bits per heavy atom. The Morgan fingerprint density at radius 3 is 1.88 bits per heavy atom. The van der Waals surface area contributed by atoms with Crippen LogP contribution < -0.4 is 26.2 Å². The van der Waals surface area contributed by atoms with Gasteiger partial charge >= 0.3 is 12.2 Å². The number of amides is 4. The van der Waals surface area contributed by atoms with Crippen LogP contribution in [0.4, 0.5) is 26.7 Å². The van der Waals surface area contributed by atoms with Crippen molar-refractivity contribution in [2.45, 2.75) is 77.7 Å². The van der Waals surface area contributed by atoms with Crippen LogP contribution in [0.25, 0.3) is 0 Å². The molecule has 0 bridgehead atoms. The lowest BCUT2D eigenvalue weighted by atomic mass is 10.1. The molecule has 0 aliphatic carbocycles. The first kappa shape index (κ1) is 31.3. The third-order valence-electron chi connectivity index (χ3n) is 6.02. The zero-order valence-corrected chi connectivity index (χ0v) is 24.8. The fourth-order valence-corrected chi connectivity index (χ4v) is 4.25. The van der Waals surface area contributed by atoms with Crippen LogP contribution in [0.2, 0.25) is 0 Å². The smallest absolute Gasteiger partial charge is 0.408 e. The van der Waals surface area contributed by atoms with Gasteiger partial charge in [-0.25, -0.2) is 9.59 Å². The average Bonchev–Trinajstić information content (AvgIpc) is 3.07. The quantitative estimate of drug-likeness (QED) is 0.421. The highest BCUT2D eigenvalue weighted by Gasteiger charge is 2.29. The zero-order chi connectivity index (χ0) is 30.4. The third kappa shape index (κ3) is 9.70. The maximum atomic E-state index is 12.2. The van der Waals surface area contributed by atoms with Gasteiger partial charge in [-0.3, -0.25) is 9.59 Å². The van der Waals surface area contributed by atoms with E-state index in [1.165, 1.54) is 0 Å². The first-order valence-corrected chi connectivity index (χ1v) is 13.6. The lowest BCUT2D eigenvalue weighted by Crippen LogP contribution is -2.49. The topological polar surface area (TPSA) is 138 Å². The molecule has 4 N–H and O–H groups in total. The van der Waals surface area contributed by atoms with Crippen molar-refractivity contribution >= 4 is 41.1 Å². The number of carbonyl (C=O) groups is 4. The van der Waals surface area contributed by atoms with E-state index in [1.807, 2.05) is 60.5 Å². The molecule has 11 heteroatoms. The highest BCUT2D eigenvalue weighted by molar-refractivity contribution is 6.01. The van der Waals surface area contributed by atoms with Crippen LogP contribution in [0.1, 0.15) is 53.5 Å². The summed E-state index contributed by atoms with van der Waals surface area (Å²) in [6.45, 7) is 11.1. The van der Waals surface area contributed by atoms with Crippen LogP contribution in [0.5, 0.6) is 0 Å². The monoisotopic (exact) mass is 567 g/mol. The van der Waals surface area contributed by atoms with Crippen molar-refractivity contribution in [3.05, 3.63) is 54.1 Å². The molecule has 2 atom stereocenters. The normalized spacial score (nSPS) is 18.5. The highest BCUT2D eigenvalue weighted by Crippen LogP contribution is 2.27. The number of carbonyl (C=O) groups excluding carboxylic acids is 4. The number of para-hydroxylation sites is 3. The minimum atomic E-state index is -0.669. The van der Waals surface area contributed by atoms with Crippen molar-refractivity contribution in [3.63, 3.8) is 0 Å². The predicted molar refractivity (Wildman–Crippen MR) is 158 cm³/mol. The van der Waals surface area contributed by atoms with Crippen molar-refractivity contribution in [2.75, 3.05) is 29.1 Å². The van der Waals surface area contributed by atoms with Gasteiger partial charge in [0.1, 0.15) is 23.3 Å². The van der Waals surface area contributed by atoms with Gasteiger partial charge in [-0.15, -0.1) is 0 Å². The van der Waals surface area contributed by atoms with E-state index in [-0.39, 0.29) is 11.8 Å². The third-order valence-corrected chi connectivity index (χ3v) is 6.02. The minimum Gasteiger partial charge on any atom is -0.444 e. The van der Waals surface area contributed by atoms with E-state index in [9.17, 15) is 19.2 Å². The van der Waals surface area contributed by atoms with Gasteiger partial charge in [-0.1, -0.05) is 30.3 Å². The fourth-order valence-electron chi connectivity index (χ4n) is 4.25. The Bertz CT molecular complexity index is 1270. The molecule has 2 aliphatic heterocycles. The molecule has 2 aliphatic rings. The Hall–Kier alpha value is -4.28. The maximum absolute atomic E-state index is 12.2. The van der Waals surface area contributed by atoms with E-state index in [2.05, 4.69) is 21.3 Å². The summed E-state index contributed by atoms with van der Waals surface area (Å²) in [6.07, 6.45) is 0.128. The largest absolute Gasteiger partial charge is 0.444 e. The van der Waals surface area contributed by atoms with Crippen LogP contribution in [0.15, 0.2) is 48.5 Å². The van der Waals surface area contributed by atoms with E-state index in [0.29, 0.717) is 13.0 Å². The molecule has 4 amide bonds. The maximum Gasteiger partial charge on any atom is 0.408 e. The van der Waals surface area contributed by atoms with Gasteiger partial charge in [-0.2, -0.15) is 0 Å². The van der Waals surface area contributed by atoms with Crippen LogP contribution in [0.3, 0.4) is 0 Å². The highest BCUT2D eigenvalue weighted by atomic mass is 16.6. The van der Waals surface area contributed by atoms with Gasteiger partial charge in [0.25, 0.3) is 0 Å². The molecule has 0 saturated heterocycles. The Balaban J connectivity index is 0.000000226. The Labute approximate surface area is 241 Å². The van der Waals surface area contributed by atoms with Crippen molar-refractivity contribution in [2.24, 2.45) is 0 Å². The molecular formula is C30H41N5O6. The van der Waals surface area contributed by atoms with Gasteiger partial charge in [0.05, 0.1) is 11.4 Å². The van der Waals surface area contributed by atoms with Crippen LogP contribution in [0, 0.1) is 0 Å². The number of nitrogens with zero attached hydrogens (tertiary/aromatic N) is 1. The minimum absolute atomic E-state index is 0.208. The second-order valence-corrected chi connectivity index (χ2v) is 12.0. The lowest BCUT2D eigenvalue weighted by molar-refractivity contribution is -0.118. The molecule has 222 valence electrons. The van der Waals surface area contributed by atoms with Gasteiger partial charge in [0.15, 0.2) is 0 Å². The summed E-state index contributed by atoms with van der Waals surface area (Å²) in [4.78, 5) is 49.8. The Kier molecular flexibility index (Phi) is 9.85. The van der Waals surface area contributed by atoms with Crippen molar-refractivity contribution in [3.8, 4) is 0 Å². The van der Waals surface area contributed by atoms with Gasteiger partial charge in [-0.05, 0) is 78.1 Å². The number of fused-ring (bicyclic) bond motifs is 2. The van der Waals surface area contributed by atoms with E-state index in [0.717, 1.165) is 29.0 Å². The molecule has 2 aromatic rings. The van der Waals surface area contributed by atoms with E-state index in [4.69, 9.17) is 9.47 Å². The summed E-state index contributed by atoms with van der Waals surface area (Å²) < 4.78 is 10.4. The molecule has 11 nitrogen and oxygen atoms in total. The Morgan fingerprint density at radius 1 is 0.780 bits per heavy atom. The van der Waals surface area contributed by atoms with E-state index in [1.54, 1.807) is 41.5 Å².